The molecule has 0 aromatic rings. The van der Waals surface area contributed by atoms with Gasteiger partial charge in [-0.25, -0.2) is 9.59 Å². The standard InChI is InChI=1S/C14H18N2O5/c1-9-15-10(7-11(17)16-9)8-20-12(18)5-6-13(19)21-14(2,3)4/h5-7,15H,1,8H2,2-4H3,(H,16,17)/b6-5+. The summed E-state index contributed by atoms with van der Waals surface area (Å²) in [5.41, 5.74) is -0.238. The van der Waals surface area contributed by atoms with Crippen molar-refractivity contribution in [3.05, 3.63) is 36.3 Å². The van der Waals surface area contributed by atoms with Crippen molar-refractivity contribution in [1.29, 1.82) is 0 Å². The summed E-state index contributed by atoms with van der Waals surface area (Å²) in [5.74, 6) is -1.41. The van der Waals surface area contributed by atoms with Gasteiger partial charge in [-0.3, -0.25) is 4.79 Å². The van der Waals surface area contributed by atoms with E-state index in [9.17, 15) is 14.4 Å². The molecule has 21 heavy (non-hydrogen) atoms. The Kier molecular flexibility index (Phi) is 5.29. The van der Waals surface area contributed by atoms with E-state index in [1.54, 1.807) is 20.8 Å². The molecule has 0 spiro atoms. The van der Waals surface area contributed by atoms with Crippen molar-refractivity contribution in [3.8, 4) is 0 Å². The molecular weight excluding hydrogens is 276 g/mol. The van der Waals surface area contributed by atoms with Crippen LogP contribution in [0.3, 0.4) is 0 Å². The molecule has 0 fully saturated rings. The zero-order valence-corrected chi connectivity index (χ0v) is 12.2. The minimum absolute atomic E-state index is 0.135. The van der Waals surface area contributed by atoms with Gasteiger partial charge in [0.1, 0.15) is 18.0 Å². The van der Waals surface area contributed by atoms with Crippen molar-refractivity contribution < 1.29 is 23.9 Å². The first-order valence-corrected chi connectivity index (χ1v) is 6.21. The number of esters is 2. The Bertz CT molecular complexity index is 526. The second kappa shape index (κ2) is 6.74. The van der Waals surface area contributed by atoms with Crippen molar-refractivity contribution in [2.75, 3.05) is 6.61 Å². The molecule has 2 N–H and O–H groups in total. The van der Waals surface area contributed by atoms with Crippen LogP contribution in [-0.2, 0) is 23.9 Å². The summed E-state index contributed by atoms with van der Waals surface area (Å²) in [6, 6.07) is 0. The molecule has 0 bridgehead atoms. The molecule has 0 unspecified atom stereocenters. The molecule has 0 atom stereocenters. The van der Waals surface area contributed by atoms with Crippen LogP contribution >= 0.6 is 0 Å². The molecule has 7 nitrogen and oxygen atoms in total. The summed E-state index contributed by atoms with van der Waals surface area (Å²) >= 11 is 0. The molecule has 1 amide bonds. The molecule has 1 aliphatic rings. The molecule has 1 aliphatic heterocycles. The molecule has 1 heterocycles. The van der Waals surface area contributed by atoms with E-state index in [0.717, 1.165) is 12.2 Å². The lowest BCUT2D eigenvalue weighted by Crippen LogP contribution is -2.36. The number of rotatable bonds is 4. The minimum Gasteiger partial charge on any atom is -0.457 e. The van der Waals surface area contributed by atoms with Gasteiger partial charge in [-0.2, -0.15) is 0 Å². The van der Waals surface area contributed by atoms with Gasteiger partial charge >= 0.3 is 11.9 Å². The molecule has 0 saturated carbocycles. The fourth-order valence-corrected chi connectivity index (χ4v) is 1.35. The number of carbonyl (C=O) groups is 3. The highest BCUT2D eigenvalue weighted by Crippen LogP contribution is 2.07. The fourth-order valence-electron chi connectivity index (χ4n) is 1.35. The SMILES string of the molecule is C=C1NC(=O)C=C(COC(=O)/C=C/C(=O)OC(C)(C)C)N1. The van der Waals surface area contributed by atoms with Gasteiger partial charge in [-0.1, -0.05) is 6.58 Å². The van der Waals surface area contributed by atoms with Crippen LogP contribution in [0.1, 0.15) is 20.8 Å². The molecule has 1 rings (SSSR count). The predicted octanol–water partition coefficient (Wildman–Crippen LogP) is 0.502. The van der Waals surface area contributed by atoms with E-state index in [0.29, 0.717) is 11.5 Å². The van der Waals surface area contributed by atoms with Crippen molar-refractivity contribution >= 4 is 17.8 Å². The third kappa shape index (κ3) is 6.95. The molecule has 0 aromatic heterocycles. The summed E-state index contributed by atoms with van der Waals surface area (Å²) in [4.78, 5) is 33.9. The van der Waals surface area contributed by atoms with Gasteiger partial charge in [-0.15, -0.1) is 0 Å². The lowest BCUT2D eigenvalue weighted by molar-refractivity contribution is -0.149. The molecule has 0 aliphatic carbocycles. The van der Waals surface area contributed by atoms with E-state index < -0.39 is 17.5 Å². The largest absolute Gasteiger partial charge is 0.457 e. The first kappa shape index (κ1) is 16.5. The second-order valence-corrected chi connectivity index (χ2v) is 5.24. The van der Waals surface area contributed by atoms with Gasteiger partial charge in [0.15, 0.2) is 0 Å². The Labute approximate surface area is 122 Å². The Morgan fingerprint density at radius 1 is 1.24 bits per heavy atom. The minimum atomic E-state index is -0.722. The zero-order valence-electron chi connectivity index (χ0n) is 12.2. The topological polar surface area (TPSA) is 93.7 Å². The molecule has 0 saturated heterocycles. The number of carbonyl (C=O) groups excluding carboxylic acids is 3. The van der Waals surface area contributed by atoms with Crippen molar-refractivity contribution in [1.82, 2.24) is 10.6 Å². The molecule has 7 heteroatoms. The average Bonchev–Trinajstić information content (AvgIpc) is 2.30. The van der Waals surface area contributed by atoms with Gasteiger partial charge < -0.3 is 20.1 Å². The molecular formula is C14H18N2O5. The van der Waals surface area contributed by atoms with E-state index in [1.807, 2.05) is 0 Å². The lowest BCUT2D eigenvalue weighted by Gasteiger charge is -2.18. The maximum Gasteiger partial charge on any atom is 0.331 e. The van der Waals surface area contributed by atoms with E-state index in [-0.39, 0.29) is 12.5 Å². The smallest absolute Gasteiger partial charge is 0.331 e. The van der Waals surface area contributed by atoms with Crippen LogP contribution < -0.4 is 10.6 Å². The number of nitrogens with one attached hydrogen (secondary N) is 2. The van der Waals surface area contributed by atoms with Gasteiger partial charge in [0.25, 0.3) is 5.91 Å². The molecule has 0 radical (unpaired) electrons. The van der Waals surface area contributed by atoms with E-state index in [1.165, 1.54) is 6.08 Å². The van der Waals surface area contributed by atoms with Crippen molar-refractivity contribution in [2.45, 2.75) is 26.4 Å². The Morgan fingerprint density at radius 2 is 1.86 bits per heavy atom. The van der Waals surface area contributed by atoms with Crippen LogP contribution in [-0.4, -0.2) is 30.1 Å². The highest BCUT2D eigenvalue weighted by atomic mass is 16.6. The number of hydrogen-bond acceptors (Lipinski definition) is 6. The van der Waals surface area contributed by atoms with Gasteiger partial charge in [0.05, 0.1) is 5.70 Å². The van der Waals surface area contributed by atoms with Crippen molar-refractivity contribution in [3.63, 3.8) is 0 Å². The Hall–Kier alpha value is -2.57. The second-order valence-electron chi connectivity index (χ2n) is 5.24. The van der Waals surface area contributed by atoms with Crippen LogP contribution in [0.15, 0.2) is 36.3 Å². The first-order valence-electron chi connectivity index (χ1n) is 6.21. The Morgan fingerprint density at radius 3 is 2.43 bits per heavy atom. The Balaban J connectivity index is 2.42. The van der Waals surface area contributed by atoms with E-state index in [2.05, 4.69) is 17.2 Å². The number of hydrogen-bond donors (Lipinski definition) is 2. The van der Waals surface area contributed by atoms with Crippen LogP contribution in [0.4, 0.5) is 0 Å². The fraction of sp³-hybridized carbons (Fsp3) is 0.357. The van der Waals surface area contributed by atoms with Crippen LogP contribution in [0.5, 0.6) is 0 Å². The van der Waals surface area contributed by atoms with E-state index in [4.69, 9.17) is 9.47 Å². The van der Waals surface area contributed by atoms with E-state index >= 15 is 0 Å². The molecule has 0 aromatic carbocycles. The summed E-state index contributed by atoms with van der Waals surface area (Å²) < 4.78 is 9.86. The predicted molar refractivity (Wildman–Crippen MR) is 74.4 cm³/mol. The summed E-state index contributed by atoms with van der Waals surface area (Å²) in [6.07, 6.45) is 3.20. The highest BCUT2D eigenvalue weighted by molar-refractivity contribution is 5.92. The monoisotopic (exact) mass is 294 g/mol. The molecule has 114 valence electrons. The zero-order chi connectivity index (χ0) is 16.0. The average molecular weight is 294 g/mol. The van der Waals surface area contributed by atoms with Crippen LogP contribution in [0.2, 0.25) is 0 Å². The van der Waals surface area contributed by atoms with Gasteiger partial charge in [0.2, 0.25) is 0 Å². The number of amides is 1. The number of ether oxygens (including phenoxy) is 2. The maximum atomic E-state index is 11.4. The summed E-state index contributed by atoms with van der Waals surface area (Å²) in [6.45, 7) is 8.56. The van der Waals surface area contributed by atoms with Crippen LogP contribution in [0, 0.1) is 0 Å². The quantitative estimate of drug-likeness (QED) is 0.579. The summed E-state index contributed by atoms with van der Waals surface area (Å²) in [5, 5.41) is 5.16. The first-order chi connectivity index (χ1) is 9.65. The highest BCUT2D eigenvalue weighted by Gasteiger charge is 2.15. The van der Waals surface area contributed by atoms with Crippen LogP contribution in [0.25, 0.3) is 0 Å². The lowest BCUT2D eigenvalue weighted by atomic mass is 10.2. The third-order valence-electron chi connectivity index (χ3n) is 2.02. The maximum absolute atomic E-state index is 11.4. The summed E-state index contributed by atoms with van der Waals surface area (Å²) in [7, 11) is 0. The third-order valence-corrected chi connectivity index (χ3v) is 2.02. The van der Waals surface area contributed by atoms with Gasteiger partial charge in [-0.05, 0) is 20.8 Å². The van der Waals surface area contributed by atoms with Gasteiger partial charge in [0, 0.05) is 18.2 Å². The van der Waals surface area contributed by atoms with Crippen molar-refractivity contribution in [2.24, 2.45) is 0 Å². The normalized spacial score (nSPS) is 15.1.